The third kappa shape index (κ3) is 6.54. The smallest absolute Gasteiger partial charge is 0.419 e. The lowest BCUT2D eigenvalue weighted by molar-refractivity contribution is -0.206. The second-order valence-corrected chi connectivity index (χ2v) is 8.83. The van der Waals surface area contributed by atoms with Gasteiger partial charge in [-0.1, -0.05) is 25.5 Å². The molecule has 0 unspecified atom stereocenters. The van der Waals surface area contributed by atoms with Crippen molar-refractivity contribution >= 4 is 6.08 Å². The van der Waals surface area contributed by atoms with Crippen LogP contribution >= 0.6 is 0 Å². The first-order valence-electron chi connectivity index (χ1n) is 11.8. The zero-order valence-corrected chi connectivity index (χ0v) is 20.1. The minimum Gasteiger partial charge on any atom is -0.429 e. The van der Waals surface area contributed by atoms with Crippen molar-refractivity contribution < 1.29 is 44.9 Å². The van der Waals surface area contributed by atoms with Crippen LogP contribution in [0, 0.1) is 35.0 Å². The molecule has 0 N–H and O–H groups in total. The van der Waals surface area contributed by atoms with Gasteiger partial charge in [0, 0.05) is 34.8 Å². The Hall–Kier alpha value is -3.37. The summed E-state index contributed by atoms with van der Waals surface area (Å²) in [4.78, 5) is 0. The predicted molar refractivity (Wildman–Crippen MR) is 126 cm³/mol. The van der Waals surface area contributed by atoms with Crippen LogP contribution in [0.4, 0.5) is 30.7 Å². The number of alkyl halides is 2. The standard InChI is InChI=1S/C28H23F7O3/c1-2-3-16-14-36-27(37-15-16)18-5-4-17(22(29)10-18)8-9-28(34,35)38-20-6-7-21(23(30)13-20)19-11-24(31)26(33)25(32)12-19/h4-13,16,27H,2-3,14-15H2,1H3/b9-8+. The fourth-order valence-electron chi connectivity index (χ4n) is 4.02. The van der Waals surface area contributed by atoms with Crippen LogP contribution in [0.5, 0.6) is 5.75 Å². The number of rotatable bonds is 8. The van der Waals surface area contributed by atoms with Crippen molar-refractivity contribution in [3.05, 3.63) is 94.8 Å². The molecule has 0 atom stereocenters. The maximum absolute atomic E-state index is 14.6. The van der Waals surface area contributed by atoms with E-state index in [1.54, 1.807) is 0 Å². The highest BCUT2D eigenvalue weighted by Gasteiger charge is 2.29. The summed E-state index contributed by atoms with van der Waals surface area (Å²) in [5.74, 6) is -7.04. The molecule has 3 nitrogen and oxygen atoms in total. The highest BCUT2D eigenvalue weighted by atomic mass is 19.3. The van der Waals surface area contributed by atoms with E-state index in [4.69, 9.17) is 9.47 Å². The summed E-state index contributed by atoms with van der Waals surface area (Å²) in [6.07, 6.45) is -1.66. The van der Waals surface area contributed by atoms with Gasteiger partial charge in [-0.15, -0.1) is 0 Å². The van der Waals surface area contributed by atoms with Crippen molar-refractivity contribution in [2.45, 2.75) is 32.2 Å². The van der Waals surface area contributed by atoms with Gasteiger partial charge in [0.15, 0.2) is 23.7 Å². The normalized spacial score (nSPS) is 18.2. The van der Waals surface area contributed by atoms with Crippen molar-refractivity contribution in [3.63, 3.8) is 0 Å². The number of hydrogen-bond acceptors (Lipinski definition) is 3. The largest absolute Gasteiger partial charge is 0.429 e. The Balaban J connectivity index is 1.43. The van der Waals surface area contributed by atoms with E-state index in [0.29, 0.717) is 43.1 Å². The molecule has 1 heterocycles. The molecular formula is C28H23F7O3. The van der Waals surface area contributed by atoms with Crippen LogP contribution in [0.3, 0.4) is 0 Å². The Morgan fingerprint density at radius 2 is 1.55 bits per heavy atom. The molecule has 0 aromatic heterocycles. The molecule has 10 heteroatoms. The minimum atomic E-state index is -3.96. The van der Waals surface area contributed by atoms with Crippen LogP contribution in [0.2, 0.25) is 0 Å². The Morgan fingerprint density at radius 3 is 2.16 bits per heavy atom. The van der Waals surface area contributed by atoms with Crippen LogP contribution < -0.4 is 4.74 Å². The molecule has 38 heavy (non-hydrogen) atoms. The minimum absolute atomic E-state index is 0.154. The summed E-state index contributed by atoms with van der Waals surface area (Å²) < 4.78 is 114. The second kappa shape index (κ2) is 11.6. The fourth-order valence-corrected chi connectivity index (χ4v) is 4.02. The topological polar surface area (TPSA) is 27.7 Å². The number of benzene rings is 3. The zero-order valence-electron chi connectivity index (χ0n) is 20.1. The molecule has 1 aliphatic heterocycles. The maximum atomic E-state index is 14.6. The lowest BCUT2D eigenvalue weighted by atomic mass is 10.0. The summed E-state index contributed by atoms with van der Waals surface area (Å²) in [5, 5.41) is 0. The second-order valence-electron chi connectivity index (χ2n) is 8.83. The molecular weight excluding hydrogens is 517 g/mol. The zero-order chi connectivity index (χ0) is 27.4. The van der Waals surface area contributed by atoms with Crippen LogP contribution in [0.1, 0.15) is 37.2 Å². The van der Waals surface area contributed by atoms with E-state index in [2.05, 4.69) is 11.7 Å². The van der Waals surface area contributed by atoms with Crippen molar-refractivity contribution in [2.24, 2.45) is 5.92 Å². The highest BCUT2D eigenvalue weighted by Crippen LogP contribution is 2.32. The summed E-state index contributed by atoms with van der Waals surface area (Å²) in [6.45, 7) is 3.01. The van der Waals surface area contributed by atoms with Crippen molar-refractivity contribution in [1.82, 2.24) is 0 Å². The molecule has 0 aliphatic carbocycles. The molecule has 1 aliphatic rings. The van der Waals surface area contributed by atoms with Gasteiger partial charge < -0.3 is 14.2 Å². The van der Waals surface area contributed by atoms with E-state index in [-0.39, 0.29) is 22.6 Å². The molecule has 0 bridgehead atoms. The first-order valence-corrected chi connectivity index (χ1v) is 11.8. The van der Waals surface area contributed by atoms with Gasteiger partial charge in [-0.2, -0.15) is 8.78 Å². The van der Waals surface area contributed by atoms with E-state index in [1.165, 1.54) is 12.1 Å². The highest BCUT2D eigenvalue weighted by molar-refractivity contribution is 5.65. The quantitative estimate of drug-likeness (QED) is 0.213. The van der Waals surface area contributed by atoms with Crippen LogP contribution in [0.15, 0.2) is 54.6 Å². The average molecular weight is 540 g/mol. The van der Waals surface area contributed by atoms with Gasteiger partial charge in [0.05, 0.1) is 13.2 Å². The molecule has 202 valence electrons. The number of hydrogen-bond donors (Lipinski definition) is 0. The molecule has 3 aromatic rings. The van der Waals surface area contributed by atoms with Gasteiger partial charge in [-0.25, -0.2) is 22.0 Å². The first kappa shape index (κ1) is 27.7. The Kier molecular flexibility index (Phi) is 8.42. The molecule has 3 aromatic carbocycles. The summed E-state index contributed by atoms with van der Waals surface area (Å²) in [7, 11) is 0. The summed E-state index contributed by atoms with van der Waals surface area (Å²) in [5.41, 5.74) is -0.434. The van der Waals surface area contributed by atoms with E-state index in [0.717, 1.165) is 37.1 Å². The lowest BCUT2D eigenvalue weighted by Crippen LogP contribution is -2.27. The number of halogens is 7. The monoisotopic (exact) mass is 540 g/mol. The molecule has 4 rings (SSSR count). The van der Waals surface area contributed by atoms with E-state index in [1.807, 2.05) is 0 Å². The van der Waals surface area contributed by atoms with E-state index >= 15 is 0 Å². The van der Waals surface area contributed by atoms with Gasteiger partial charge >= 0.3 is 6.11 Å². The van der Waals surface area contributed by atoms with E-state index in [9.17, 15) is 30.7 Å². The first-order chi connectivity index (χ1) is 18.1. The molecule has 0 saturated carbocycles. The summed E-state index contributed by atoms with van der Waals surface area (Å²) in [6, 6.07) is 7.56. The van der Waals surface area contributed by atoms with Crippen molar-refractivity contribution in [3.8, 4) is 16.9 Å². The summed E-state index contributed by atoms with van der Waals surface area (Å²) >= 11 is 0. The predicted octanol–water partition coefficient (Wildman–Crippen LogP) is 8.20. The third-order valence-corrected chi connectivity index (χ3v) is 5.91. The molecule has 0 radical (unpaired) electrons. The van der Waals surface area contributed by atoms with Crippen molar-refractivity contribution in [1.29, 1.82) is 0 Å². The van der Waals surface area contributed by atoms with Crippen LogP contribution in [0.25, 0.3) is 17.2 Å². The Morgan fingerprint density at radius 1 is 0.868 bits per heavy atom. The Bertz CT molecular complexity index is 1290. The molecule has 1 saturated heterocycles. The van der Waals surface area contributed by atoms with Gasteiger partial charge in [0.1, 0.15) is 17.4 Å². The van der Waals surface area contributed by atoms with Gasteiger partial charge in [-0.3, -0.25) is 0 Å². The average Bonchev–Trinajstić information content (AvgIpc) is 2.87. The van der Waals surface area contributed by atoms with Crippen molar-refractivity contribution in [2.75, 3.05) is 13.2 Å². The van der Waals surface area contributed by atoms with Gasteiger partial charge in [0.2, 0.25) is 0 Å². The van der Waals surface area contributed by atoms with Gasteiger partial charge in [-0.05, 0) is 48.4 Å². The van der Waals surface area contributed by atoms with Gasteiger partial charge in [0.25, 0.3) is 0 Å². The fraction of sp³-hybridized carbons (Fsp3) is 0.286. The molecule has 1 fully saturated rings. The van der Waals surface area contributed by atoms with Crippen LogP contribution in [-0.2, 0) is 9.47 Å². The van der Waals surface area contributed by atoms with E-state index < -0.39 is 47.2 Å². The Labute approximate surface area is 214 Å². The third-order valence-electron chi connectivity index (χ3n) is 5.91. The van der Waals surface area contributed by atoms with Crippen LogP contribution in [-0.4, -0.2) is 19.3 Å². The molecule has 0 spiro atoms. The SMILES string of the molecule is CCCC1COC(c2ccc(/C=C/C(F)(F)Oc3ccc(-c4cc(F)c(F)c(F)c4)c(F)c3)c(F)c2)OC1. The maximum Gasteiger partial charge on any atom is 0.419 e. The molecule has 0 amide bonds. The number of ether oxygens (including phenoxy) is 3. The lowest BCUT2D eigenvalue weighted by Gasteiger charge is -2.29.